The fourth-order valence-corrected chi connectivity index (χ4v) is 4.42. The summed E-state index contributed by atoms with van der Waals surface area (Å²) in [5.74, 6) is -0.409. The van der Waals surface area contributed by atoms with Gasteiger partial charge in [-0.05, 0) is 44.0 Å². The number of Topliss-reactive ketones (excluding diaryl/α,β-unsaturated/α-hetero) is 1. The Hall–Kier alpha value is -3.12. The van der Waals surface area contributed by atoms with Gasteiger partial charge in [0, 0.05) is 30.7 Å². The Morgan fingerprint density at radius 3 is 2.60 bits per heavy atom. The Kier molecular flexibility index (Phi) is 5.59. The Labute approximate surface area is 176 Å². The lowest BCUT2D eigenvalue weighted by atomic mass is 9.99. The van der Waals surface area contributed by atoms with Crippen LogP contribution in [0.2, 0.25) is 0 Å². The van der Waals surface area contributed by atoms with E-state index < -0.39 is 0 Å². The predicted molar refractivity (Wildman–Crippen MR) is 115 cm³/mol. The molecular weight excluding hydrogens is 378 g/mol. The minimum absolute atomic E-state index is 0.0137. The average Bonchev–Trinajstić information content (AvgIpc) is 3.32. The third-order valence-corrected chi connectivity index (χ3v) is 5.80. The molecule has 1 atom stereocenters. The van der Waals surface area contributed by atoms with Crippen molar-refractivity contribution in [2.24, 2.45) is 0 Å². The number of ketones is 1. The van der Waals surface area contributed by atoms with E-state index in [4.69, 9.17) is 4.74 Å². The molecule has 0 radical (unpaired) electrons. The Morgan fingerprint density at radius 2 is 1.87 bits per heavy atom. The van der Waals surface area contributed by atoms with Crippen LogP contribution in [0.1, 0.15) is 56.3 Å². The second-order valence-corrected chi connectivity index (χ2v) is 7.68. The van der Waals surface area contributed by atoms with Crippen molar-refractivity contribution in [1.29, 1.82) is 0 Å². The van der Waals surface area contributed by atoms with Crippen LogP contribution in [0.4, 0.5) is 0 Å². The summed E-state index contributed by atoms with van der Waals surface area (Å²) in [5, 5.41) is 0. The molecule has 0 spiro atoms. The maximum absolute atomic E-state index is 13.3. The van der Waals surface area contributed by atoms with Crippen molar-refractivity contribution in [3.63, 3.8) is 0 Å². The molecule has 2 aromatic heterocycles. The van der Waals surface area contributed by atoms with Crippen LogP contribution in [0.5, 0.6) is 0 Å². The molecule has 0 saturated heterocycles. The highest BCUT2D eigenvalue weighted by Gasteiger charge is 2.31. The van der Waals surface area contributed by atoms with Crippen LogP contribution in [-0.2, 0) is 11.3 Å². The monoisotopic (exact) mass is 405 g/mol. The largest absolute Gasteiger partial charge is 0.462 e. The van der Waals surface area contributed by atoms with Crippen LogP contribution >= 0.6 is 0 Å². The molecule has 0 aliphatic carbocycles. The van der Waals surface area contributed by atoms with Crippen molar-refractivity contribution >= 4 is 11.8 Å². The van der Waals surface area contributed by atoms with Crippen molar-refractivity contribution in [2.45, 2.75) is 33.4 Å². The minimum atomic E-state index is -0.388. The number of carbonyl (C=O) groups is 2. The average molecular weight is 405 g/mol. The van der Waals surface area contributed by atoms with E-state index in [2.05, 4.69) is 44.9 Å². The SMILES string of the molecule is CCOC(=O)c1c(C)[nH]c(C(=O)CN2CCn3cccc3C2c2ccccc2)c1C. The molecule has 6 heteroatoms. The number of hydrogen-bond donors (Lipinski definition) is 1. The van der Waals surface area contributed by atoms with Crippen LogP contribution < -0.4 is 0 Å². The lowest BCUT2D eigenvalue weighted by Gasteiger charge is -2.36. The normalized spacial score (nSPS) is 16.3. The van der Waals surface area contributed by atoms with E-state index in [0.29, 0.717) is 29.1 Å². The topological polar surface area (TPSA) is 67.3 Å². The van der Waals surface area contributed by atoms with Gasteiger partial charge in [-0.15, -0.1) is 0 Å². The zero-order valence-electron chi connectivity index (χ0n) is 17.6. The maximum atomic E-state index is 13.3. The van der Waals surface area contributed by atoms with Crippen molar-refractivity contribution in [3.8, 4) is 0 Å². The number of esters is 1. The highest BCUT2D eigenvalue weighted by molar-refractivity contribution is 6.02. The summed E-state index contributed by atoms with van der Waals surface area (Å²) >= 11 is 0. The van der Waals surface area contributed by atoms with Gasteiger partial charge in [0.2, 0.25) is 0 Å². The molecule has 0 saturated carbocycles. The first kappa shape index (κ1) is 20.2. The fraction of sp³-hybridized carbons (Fsp3) is 0.333. The number of nitrogens with one attached hydrogen (secondary N) is 1. The van der Waals surface area contributed by atoms with Gasteiger partial charge in [0.05, 0.1) is 30.5 Å². The van der Waals surface area contributed by atoms with Gasteiger partial charge >= 0.3 is 5.97 Å². The minimum Gasteiger partial charge on any atom is -0.462 e. The van der Waals surface area contributed by atoms with E-state index in [1.54, 1.807) is 20.8 Å². The Balaban J connectivity index is 1.63. The number of hydrogen-bond acceptors (Lipinski definition) is 4. The Bertz CT molecular complexity index is 1060. The van der Waals surface area contributed by atoms with Gasteiger partial charge in [0.25, 0.3) is 0 Å². The first-order valence-electron chi connectivity index (χ1n) is 10.3. The first-order valence-corrected chi connectivity index (χ1v) is 10.3. The lowest BCUT2D eigenvalue weighted by Crippen LogP contribution is -2.41. The number of aromatic nitrogens is 2. The summed E-state index contributed by atoms with van der Waals surface area (Å²) in [4.78, 5) is 30.9. The molecule has 1 N–H and O–H groups in total. The molecule has 0 fully saturated rings. The van der Waals surface area contributed by atoms with Crippen LogP contribution in [0, 0.1) is 13.8 Å². The van der Waals surface area contributed by atoms with Gasteiger partial charge in [0.15, 0.2) is 5.78 Å². The maximum Gasteiger partial charge on any atom is 0.340 e. The second-order valence-electron chi connectivity index (χ2n) is 7.68. The van der Waals surface area contributed by atoms with Crippen molar-refractivity contribution in [3.05, 3.63) is 82.4 Å². The molecule has 1 unspecified atom stereocenters. The quantitative estimate of drug-likeness (QED) is 0.499. The summed E-state index contributed by atoms with van der Waals surface area (Å²) < 4.78 is 7.41. The van der Waals surface area contributed by atoms with Gasteiger partial charge < -0.3 is 14.3 Å². The summed E-state index contributed by atoms with van der Waals surface area (Å²) in [6.45, 7) is 7.57. The summed E-state index contributed by atoms with van der Waals surface area (Å²) in [6.07, 6.45) is 2.09. The highest BCUT2D eigenvalue weighted by atomic mass is 16.5. The predicted octanol–water partition coefficient (Wildman–Crippen LogP) is 3.90. The zero-order chi connectivity index (χ0) is 21.3. The number of aryl methyl sites for hydroxylation is 1. The first-order chi connectivity index (χ1) is 14.5. The molecule has 156 valence electrons. The summed E-state index contributed by atoms with van der Waals surface area (Å²) in [7, 11) is 0. The van der Waals surface area contributed by atoms with Gasteiger partial charge in [-0.3, -0.25) is 9.69 Å². The van der Waals surface area contributed by atoms with E-state index in [1.165, 1.54) is 5.69 Å². The number of H-pyrrole nitrogens is 1. The molecule has 6 nitrogen and oxygen atoms in total. The molecule has 3 aromatic rings. The third-order valence-electron chi connectivity index (χ3n) is 5.80. The van der Waals surface area contributed by atoms with Gasteiger partial charge in [-0.2, -0.15) is 0 Å². The van der Waals surface area contributed by atoms with E-state index in [-0.39, 0.29) is 24.3 Å². The molecule has 1 aromatic carbocycles. The van der Waals surface area contributed by atoms with Crippen molar-refractivity contribution < 1.29 is 14.3 Å². The van der Waals surface area contributed by atoms with E-state index in [9.17, 15) is 9.59 Å². The van der Waals surface area contributed by atoms with Crippen LogP contribution in [0.3, 0.4) is 0 Å². The standard InChI is InChI=1S/C24H27N3O3/c1-4-30-24(29)21-16(2)22(25-17(21)3)20(28)15-27-14-13-26-12-8-11-19(26)23(27)18-9-6-5-7-10-18/h5-12,23,25H,4,13-15H2,1-3H3. The number of benzene rings is 1. The molecular formula is C24H27N3O3. The van der Waals surface area contributed by atoms with E-state index in [0.717, 1.165) is 18.7 Å². The van der Waals surface area contributed by atoms with E-state index >= 15 is 0 Å². The van der Waals surface area contributed by atoms with Crippen LogP contribution in [0.25, 0.3) is 0 Å². The molecule has 0 bridgehead atoms. The molecule has 0 amide bonds. The number of fused-ring (bicyclic) bond motifs is 1. The zero-order valence-corrected chi connectivity index (χ0v) is 17.6. The number of ether oxygens (including phenoxy) is 1. The number of carbonyl (C=O) groups excluding carboxylic acids is 2. The van der Waals surface area contributed by atoms with Crippen molar-refractivity contribution in [1.82, 2.24) is 14.5 Å². The smallest absolute Gasteiger partial charge is 0.340 e. The number of aromatic amines is 1. The number of rotatable bonds is 6. The molecule has 1 aliphatic rings. The van der Waals surface area contributed by atoms with Gasteiger partial charge in [-0.25, -0.2) is 4.79 Å². The van der Waals surface area contributed by atoms with Crippen LogP contribution in [0.15, 0.2) is 48.7 Å². The Morgan fingerprint density at radius 1 is 1.10 bits per heavy atom. The highest BCUT2D eigenvalue weighted by Crippen LogP contribution is 2.32. The third kappa shape index (κ3) is 3.59. The fourth-order valence-electron chi connectivity index (χ4n) is 4.42. The van der Waals surface area contributed by atoms with Crippen molar-refractivity contribution in [2.75, 3.05) is 19.7 Å². The summed E-state index contributed by atoms with van der Waals surface area (Å²) in [6, 6.07) is 14.5. The van der Waals surface area contributed by atoms with Crippen LogP contribution in [-0.4, -0.2) is 45.9 Å². The second kappa shape index (κ2) is 8.32. The number of nitrogens with zero attached hydrogens (tertiary/aromatic N) is 2. The van der Waals surface area contributed by atoms with Gasteiger partial charge in [0.1, 0.15) is 0 Å². The van der Waals surface area contributed by atoms with Gasteiger partial charge in [-0.1, -0.05) is 30.3 Å². The summed E-state index contributed by atoms with van der Waals surface area (Å²) in [5.41, 5.74) is 4.63. The molecule has 30 heavy (non-hydrogen) atoms. The molecule has 3 heterocycles. The molecule has 1 aliphatic heterocycles. The van der Waals surface area contributed by atoms with E-state index in [1.807, 2.05) is 18.2 Å². The lowest BCUT2D eigenvalue weighted by molar-refractivity contribution is 0.0525. The molecule has 4 rings (SSSR count).